The molecule has 1 atom stereocenters. The maximum atomic E-state index is 12.0. The Hall–Kier alpha value is -0.610. The first-order valence-corrected chi connectivity index (χ1v) is 5.64. The topological polar surface area (TPSA) is 55.6 Å². The van der Waals surface area contributed by atoms with Gasteiger partial charge in [0.25, 0.3) is 0 Å². The molecule has 0 aromatic rings. The standard InChI is InChI=1S/C11H22N2O2/c1-8(2)13(9-5-4-6-9)11(14)10(12)7-15-3/h8-10H,4-7,12H2,1-3H3. The van der Waals surface area contributed by atoms with Gasteiger partial charge in [-0.15, -0.1) is 0 Å². The molecule has 1 aliphatic rings. The second-order valence-corrected chi connectivity index (χ2v) is 4.49. The fourth-order valence-electron chi connectivity index (χ4n) is 1.96. The number of hydrogen-bond acceptors (Lipinski definition) is 3. The van der Waals surface area contributed by atoms with Gasteiger partial charge in [0.15, 0.2) is 0 Å². The van der Waals surface area contributed by atoms with Crippen LogP contribution in [-0.2, 0) is 9.53 Å². The highest BCUT2D eigenvalue weighted by molar-refractivity contribution is 5.82. The predicted octanol–water partition coefficient (Wildman–Crippen LogP) is 0.750. The lowest BCUT2D eigenvalue weighted by Gasteiger charge is -2.41. The number of methoxy groups -OCH3 is 1. The van der Waals surface area contributed by atoms with Gasteiger partial charge in [-0.3, -0.25) is 4.79 Å². The van der Waals surface area contributed by atoms with Crippen molar-refractivity contribution in [2.75, 3.05) is 13.7 Å². The van der Waals surface area contributed by atoms with Crippen LogP contribution in [0, 0.1) is 0 Å². The first kappa shape index (κ1) is 12.5. The summed E-state index contributed by atoms with van der Waals surface area (Å²) in [6.45, 7) is 4.38. The third kappa shape index (κ3) is 2.92. The Balaban J connectivity index is 2.58. The van der Waals surface area contributed by atoms with Crippen molar-refractivity contribution in [3.05, 3.63) is 0 Å². The summed E-state index contributed by atoms with van der Waals surface area (Å²) in [7, 11) is 1.57. The van der Waals surface area contributed by atoms with Crippen molar-refractivity contribution >= 4 is 5.91 Å². The molecule has 1 fully saturated rings. The highest BCUT2D eigenvalue weighted by atomic mass is 16.5. The molecule has 0 bridgehead atoms. The molecule has 15 heavy (non-hydrogen) atoms. The van der Waals surface area contributed by atoms with Gasteiger partial charge in [0.05, 0.1) is 6.61 Å². The van der Waals surface area contributed by atoms with Crippen LogP contribution in [0.15, 0.2) is 0 Å². The minimum Gasteiger partial charge on any atom is -0.383 e. The van der Waals surface area contributed by atoms with Crippen LogP contribution in [0.4, 0.5) is 0 Å². The van der Waals surface area contributed by atoms with Crippen LogP contribution >= 0.6 is 0 Å². The zero-order valence-corrected chi connectivity index (χ0v) is 9.90. The Morgan fingerprint density at radius 1 is 1.53 bits per heavy atom. The number of hydrogen-bond donors (Lipinski definition) is 1. The predicted molar refractivity (Wildman–Crippen MR) is 59.5 cm³/mol. The molecular weight excluding hydrogens is 192 g/mol. The summed E-state index contributed by atoms with van der Waals surface area (Å²) in [5.41, 5.74) is 5.77. The number of rotatable bonds is 5. The van der Waals surface area contributed by atoms with E-state index in [0.717, 1.165) is 12.8 Å². The Kier molecular flexibility index (Phi) is 4.54. The van der Waals surface area contributed by atoms with E-state index in [2.05, 4.69) is 0 Å². The van der Waals surface area contributed by atoms with Crippen molar-refractivity contribution in [1.82, 2.24) is 4.90 Å². The third-order valence-electron chi connectivity index (χ3n) is 2.94. The summed E-state index contributed by atoms with van der Waals surface area (Å²) in [6.07, 6.45) is 3.45. The van der Waals surface area contributed by atoms with Gasteiger partial charge in [-0.2, -0.15) is 0 Å². The molecule has 0 aromatic carbocycles. The smallest absolute Gasteiger partial charge is 0.242 e. The molecule has 1 rings (SSSR count). The number of carbonyl (C=O) groups is 1. The Morgan fingerprint density at radius 3 is 2.47 bits per heavy atom. The van der Waals surface area contributed by atoms with Crippen LogP contribution < -0.4 is 5.73 Å². The summed E-state index contributed by atoms with van der Waals surface area (Å²) in [5.74, 6) is 0.0246. The first-order chi connectivity index (χ1) is 7.07. The van der Waals surface area contributed by atoms with Crippen LogP contribution in [-0.4, -0.2) is 42.6 Å². The largest absolute Gasteiger partial charge is 0.383 e. The number of carbonyl (C=O) groups excluding carboxylic acids is 1. The lowest BCUT2D eigenvalue weighted by Crippen LogP contribution is -2.55. The van der Waals surface area contributed by atoms with Gasteiger partial charge in [-0.25, -0.2) is 0 Å². The summed E-state index contributed by atoms with van der Waals surface area (Å²) < 4.78 is 4.91. The quantitative estimate of drug-likeness (QED) is 0.734. The lowest BCUT2D eigenvalue weighted by molar-refractivity contribution is -0.140. The van der Waals surface area contributed by atoms with Gasteiger partial charge >= 0.3 is 0 Å². The van der Waals surface area contributed by atoms with Gasteiger partial charge in [0.1, 0.15) is 6.04 Å². The molecule has 1 saturated carbocycles. The Morgan fingerprint density at radius 2 is 2.13 bits per heavy atom. The lowest BCUT2D eigenvalue weighted by atomic mass is 9.90. The van der Waals surface area contributed by atoms with Gasteiger partial charge in [-0.05, 0) is 33.1 Å². The van der Waals surface area contributed by atoms with Crippen molar-refractivity contribution in [3.8, 4) is 0 Å². The summed E-state index contributed by atoms with van der Waals surface area (Å²) in [6, 6.07) is 0.115. The summed E-state index contributed by atoms with van der Waals surface area (Å²) >= 11 is 0. The van der Waals surface area contributed by atoms with Gasteiger partial charge in [0, 0.05) is 19.2 Å². The maximum Gasteiger partial charge on any atom is 0.242 e. The number of nitrogens with zero attached hydrogens (tertiary/aromatic N) is 1. The number of amides is 1. The Bertz CT molecular complexity index is 215. The van der Waals surface area contributed by atoms with Crippen LogP contribution in [0.3, 0.4) is 0 Å². The normalized spacial score (nSPS) is 18.7. The molecule has 0 saturated heterocycles. The molecule has 0 radical (unpaired) electrons. The van der Waals surface area contributed by atoms with E-state index in [1.807, 2.05) is 18.7 Å². The van der Waals surface area contributed by atoms with Crippen LogP contribution in [0.1, 0.15) is 33.1 Å². The van der Waals surface area contributed by atoms with Gasteiger partial charge in [-0.1, -0.05) is 0 Å². The number of nitrogens with two attached hydrogens (primary N) is 1. The molecular formula is C11H22N2O2. The molecule has 2 N–H and O–H groups in total. The van der Waals surface area contributed by atoms with E-state index in [1.54, 1.807) is 7.11 Å². The van der Waals surface area contributed by atoms with Crippen LogP contribution in [0.2, 0.25) is 0 Å². The molecule has 0 heterocycles. The highest BCUT2D eigenvalue weighted by Crippen LogP contribution is 2.26. The average Bonchev–Trinajstić information content (AvgIpc) is 2.09. The molecule has 4 heteroatoms. The van der Waals surface area contributed by atoms with E-state index in [0.29, 0.717) is 12.6 Å². The molecule has 0 aliphatic heterocycles. The maximum absolute atomic E-state index is 12.0. The molecule has 1 unspecified atom stereocenters. The van der Waals surface area contributed by atoms with Crippen molar-refractivity contribution in [1.29, 1.82) is 0 Å². The fraction of sp³-hybridized carbons (Fsp3) is 0.909. The Labute approximate surface area is 91.8 Å². The van der Waals surface area contributed by atoms with Crippen molar-refractivity contribution in [3.63, 3.8) is 0 Å². The van der Waals surface area contributed by atoms with E-state index in [4.69, 9.17) is 10.5 Å². The second-order valence-electron chi connectivity index (χ2n) is 4.49. The summed E-state index contributed by atoms with van der Waals surface area (Å²) in [4.78, 5) is 14.0. The second kappa shape index (κ2) is 5.47. The highest BCUT2D eigenvalue weighted by Gasteiger charge is 2.32. The van der Waals surface area contributed by atoms with Crippen molar-refractivity contribution in [2.24, 2.45) is 5.73 Å². The zero-order chi connectivity index (χ0) is 11.4. The third-order valence-corrected chi connectivity index (χ3v) is 2.94. The van der Waals surface area contributed by atoms with E-state index < -0.39 is 6.04 Å². The van der Waals surface area contributed by atoms with Gasteiger partial charge in [0.2, 0.25) is 5.91 Å². The molecule has 0 aromatic heterocycles. The van der Waals surface area contributed by atoms with E-state index in [1.165, 1.54) is 6.42 Å². The minimum absolute atomic E-state index is 0.0246. The van der Waals surface area contributed by atoms with Crippen LogP contribution in [0.25, 0.3) is 0 Å². The summed E-state index contributed by atoms with van der Waals surface area (Å²) in [5, 5.41) is 0. The SMILES string of the molecule is COCC(N)C(=O)N(C(C)C)C1CCC1. The van der Waals surface area contributed by atoms with E-state index in [9.17, 15) is 4.79 Å². The van der Waals surface area contributed by atoms with Gasteiger partial charge < -0.3 is 15.4 Å². The molecule has 1 amide bonds. The molecule has 4 nitrogen and oxygen atoms in total. The first-order valence-electron chi connectivity index (χ1n) is 5.64. The fourth-order valence-corrected chi connectivity index (χ4v) is 1.96. The van der Waals surface area contributed by atoms with Crippen LogP contribution in [0.5, 0.6) is 0 Å². The minimum atomic E-state index is -0.516. The van der Waals surface area contributed by atoms with Crippen molar-refractivity contribution < 1.29 is 9.53 Å². The van der Waals surface area contributed by atoms with E-state index in [-0.39, 0.29) is 11.9 Å². The molecule has 88 valence electrons. The van der Waals surface area contributed by atoms with E-state index >= 15 is 0 Å². The number of ether oxygens (including phenoxy) is 1. The zero-order valence-electron chi connectivity index (χ0n) is 9.90. The monoisotopic (exact) mass is 214 g/mol. The van der Waals surface area contributed by atoms with Crippen molar-refractivity contribution in [2.45, 2.75) is 51.2 Å². The molecule has 1 aliphatic carbocycles. The average molecular weight is 214 g/mol. The molecule has 0 spiro atoms.